The van der Waals surface area contributed by atoms with Crippen molar-refractivity contribution in [3.63, 3.8) is 0 Å². The van der Waals surface area contributed by atoms with E-state index in [0.717, 1.165) is 18.4 Å². The Morgan fingerprint density at radius 1 is 1.28 bits per heavy atom. The fourth-order valence-corrected chi connectivity index (χ4v) is 3.76. The highest BCUT2D eigenvalue weighted by Gasteiger charge is 2.30. The first-order valence-corrected chi connectivity index (χ1v) is 9.32. The quantitative estimate of drug-likeness (QED) is 0.825. The minimum absolute atomic E-state index is 0.00186. The number of aryl methyl sites for hydroxylation is 1. The van der Waals surface area contributed by atoms with E-state index >= 15 is 0 Å². The van der Waals surface area contributed by atoms with Gasteiger partial charge >= 0.3 is 0 Å². The zero-order valence-corrected chi connectivity index (χ0v) is 14.7. The van der Waals surface area contributed by atoms with Crippen LogP contribution in [0.5, 0.6) is 0 Å². The maximum absolute atomic E-state index is 12.9. The molecule has 1 aliphatic heterocycles. The summed E-state index contributed by atoms with van der Waals surface area (Å²) in [6.45, 7) is 0.955. The third-order valence-corrected chi connectivity index (χ3v) is 5.21. The van der Waals surface area contributed by atoms with Crippen LogP contribution in [0.1, 0.15) is 29.7 Å². The lowest BCUT2D eigenvalue weighted by atomic mass is 10.2. The first kappa shape index (κ1) is 17.6. The van der Waals surface area contributed by atoms with E-state index in [9.17, 15) is 14.0 Å². The lowest BCUT2D eigenvalue weighted by molar-refractivity contribution is -0.128. The number of nitrogens with zero attached hydrogens (tertiary/aromatic N) is 1. The average Bonchev–Trinajstić information content (AvgIpc) is 3.20. The van der Waals surface area contributed by atoms with Crippen molar-refractivity contribution in [1.29, 1.82) is 0 Å². The molecular weight excluding hydrogens is 339 g/mol. The minimum Gasteiger partial charge on any atom is -0.351 e. The Labute approximate surface area is 150 Å². The second-order valence-electron chi connectivity index (χ2n) is 6.30. The summed E-state index contributed by atoms with van der Waals surface area (Å²) in [6, 6.07) is 10.1. The van der Waals surface area contributed by atoms with E-state index < -0.39 is 0 Å². The largest absolute Gasteiger partial charge is 0.351 e. The molecule has 132 valence electrons. The van der Waals surface area contributed by atoms with Gasteiger partial charge in [-0.05, 0) is 42.0 Å². The molecule has 2 aromatic rings. The molecule has 0 radical (unpaired) electrons. The van der Waals surface area contributed by atoms with Gasteiger partial charge in [-0.2, -0.15) is 0 Å². The number of benzene rings is 1. The van der Waals surface area contributed by atoms with Gasteiger partial charge < -0.3 is 10.2 Å². The monoisotopic (exact) mass is 360 g/mol. The number of nitrogens with one attached hydrogen (secondary N) is 1. The van der Waals surface area contributed by atoms with E-state index in [-0.39, 0.29) is 23.7 Å². The van der Waals surface area contributed by atoms with Gasteiger partial charge in [0.05, 0.1) is 6.04 Å². The molecule has 1 aromatic heterocycles. The van der Waals surface area contributed by atoms with Crippen LogP contribution in [0.3, 0.4) is 0 Å². The van der Waals surface area contributed by atoms with Crippen LogP contribution in [-0.2, 0) is 22.6 Å². The number of hydrogen-bond acceptors (Lipinski definition) is 3. The zero-order chi connectivity index (χ0) is 17.6. The number of carbonyl (C=O) groups is 2. The van der Waals surface area contributed by atoms with Gasteiger partial charge in [0, 0.05) is 30.8 Å². The third kappa shape index (κ3) is 5.13. The van der Waals surface area contributed by atoms with Crippen molar-refractivity contribution in [3.05, 3.63) is 58.0 Å². The predicted octanol–water partition coefficient (Wildman–Crippen LogP) is 3.13. The van der Waals surface area contributed by atoms with Crippen LogP contribution < -0.4 is 5.32 Å². The Hall–Kier alpha value is -2.21. The van der Waals surface area contributed by atoms with E-state index in [1.807, 2.05) is 11.4 Å². The smallest absolute Gasteiger partial charge is 0.225 e. The van der Waals surface area contributed by atoms with Gasteiger partial charge in [-0.3, -0.25) is 9.59 Å². The minimum atomic E-state index is -0.288. The molecule has 4 nitrogen and oxygen atoms in total. The highest BCUT2D eigenvalue weighted by Crippen LogP contribution is 2.16. The molecule has 1 fully saturated rings. The molecule has 1 aliphatic rings. The maximum Gasteiger partial charge on any atom is 0.225 e. The number of rotatable bonds is 7. The average molecular weight is 360 g/mol. The van der Waals surface area contributed by atoms with Crippen LogP contribution in [0, 0.1) is 5.82 Å². The number of thiophene rings is 1. The normalized spacial score (nSPS) is 17.1. The number of hydrogen-bond donors (Lipinski definition) is 1. The summed E-state index contributed by atoms with van der Waals surface area (Å²) < 4.78 is 12.9. The third-order valence-electron chi connectivity index (χ3n) is 4.27. The number of amides is 2. The molecule has 0 unspecified atom stereocenters. The van der Waals surface area contributed by atoms with E-state index in [0.29, 0.717) is 25.9 Å². The lowest BCUT2D eigenvalue weighted by Crippen LogP contribution is -2.36. The van der Waals surface area contributed by atoms with Gasteiger partial charge in [0.1, 0.15) is 5.82 Å². The number of likely N-dealkylation sites (tertiary alicyclic amines) is 1. The van der Waals surface area contributed by atoms with Crippen molar-refractivity contribution < 1.29 is 14.0 Å². The molecular formula is C19H21FN2O2S. The lowest BCUT2D eigenvalue weighted by Gasteiger charge is -2.17. The fourth-order valence-electron chi connectivity index (χ4n) is 3.01. The molecule has 0 bridgehead atoms. The van der Waals surface area contributed by atoms with Crippen molar-refractivity contribution in [2.24, 2.45) is 0 Å². The van der Waals surface area contributed by atoms with Crippen LogP contribution in [0.25, 0.3) is 0 Å². The Morgan fingerprint density at radius 3 is 2.80 bits per heavy atom. The molecule has 0 saturated carbocycles. The fraction of sp³-hybridized carbons (Fsp3) is 0.368. The van der Waals surface area contributed by atoms with Crippen molar-refractivity contribution in [1.82, 2.24) is 10.2 Å². The second-order valence-corrected chi connectivity index (χ2v) is 7.33. The van der Waals surface area contributed by atoms with Gasteiger partial charge in [-0.1, -0.05) is 18.2 Å². The highest BCUT2D eigenvalue weighted by molar-refractivity contribution is 7.09. The molecule has 2 amide bonds. The number of carbonyl (C=O) groups excluding carboxylic acids is 2. The summed E-state index contributed by atoms with van der Waals surface area (Å²) in [4.78, 5) is 27.2. The van der Waals surface area contributed by atoms with E-state index in [1.165, 1.54) is 17.0 Å². The summed E-state index contributed by atoms with van der Waals surface area (Å²) in [6.07, 6.45) is 2.52. The Bertz CT molecular complexity index is 716. The second kappa shape index (κ2) is 8.25. The molecule has 3 rings (SSSR count). The van der Waals surface area contributed by atoms with Gasteiger partial charge in [-0.15, -0.1) is 11.3 Å². The molecule has 25 heavy (non-hydrogen) atoms. The van der Waals surface area contributed by atoms with Gasteiger partial charge in [0.25, 0.3) is 0 Å². The molecule has 1 atom stereocenters. The Morgan fingerprint density at radius 2 is 2.08 bits per heavy atom. The molecule has 1 aromatic carbocycles. The SMILES string of the molecule is O=C(CCCc1cccs1)N[C@H]1CC(=O)N(Cc2ccc(F)cc2)C1. The Balaban J connectivity index is 1.42. The molecule has 1 saturated heterocycles. The van der Waals surface area contributed by atoms with Crippen LogP contribution in [-0.4, -0.2) is 29.3 Å². The first-order chi connectivity index (χ1) is 12.1. The van der Waals surface area contributed by atoms with Gasteiger partial charge in [0.15, 0.2) is 0 Å². The maximum atomic E-state index is 12.9. The molecule has 2 heterocycles. The van der Waals surface area contributed by atoms with Crippen LogP contribution in [0.2, 0.25) is 0 Å². The van der Waals surface area contributed by atoms with Crippen molar-refractivity contribution >= 4 is 23.2 Å². The molecule has 0 spiro atoms. The summed E-state index contributed by atoms with van der Waals surface area (Å²) in [5, 5.41) is 4.99. The molecule has 6 heteroatoms. The predicted molar refractivity (Wildman–Crippen MR) is 95.6 cm³/mol. The summed E-state index contributed by atoms with van der Waals surface area (Å²) in [7, 11) is 0. The van der Waals surface area contributed by atoms with Crippen LogP contribution in [0.15, 0.2) is 41.8 Å². The standard InChI is InChI=1S/C19H21FN2O2S/c20-15-8-6-14(7-9-15)12-22-13-16(11-19(22)24)21-18(23)5-1-3-17-4-2-10-25-17/h2,4,6-10,16H,1,3,5,11-13H2,(H,21,23)/t16-/m0/s1. The number of halogens is 1. The zero-order valence-electron chi connectivity index (χ0n) is 13.9. The first-order valence-electron chi connectivity index (χ1n) is 8.44. The van der Waals surface area contributed by atoms with E-state index in [4.69, 9.17) is 0 Å². The van der Waals surface area contributed by atoms with E-state index in [1.54, 1.807) is 28.4 Å². The Kier molecular flexibility index (Phi) is 5.81. The van der Waals surface area contributed by atoms with Crippen LogP contribution in [0.4, 0.5) is 4.39 Å². The van der Waals surface area contributed by atoms with Gasteiger partial charge in [0.2, 0.25) is 11.8 Å². The van der Waals surface area contributed by atoms with Gasteiger partial charge in [-0.25, -0.2) is 4.39 Å². The van der Waals surface area contributed by atoms with Crippen molar-refractivity contribution in [2.75, 3.05) is 6.54 Å². The van der Waals surface area contributed by atoms with Crippen molar-refractivity contribution in [3.8, 4) is 0 Å². The topological polar surface area (TPSA) is 49.4 Å². The van der Waals surface area contributed by atoms with Crippen LogP contribution >= 0.6 is 11.3 Å². The summed E-state index contributed by atoms with van der Waals surface area (Å²) in [5.74, 6) is -0.268. The molecule has 0 aliphatic carbocycles. The van der Waals surface area contributed by atoms with E-state index in [2.05, 4.69) is 11.4 Å². The summed E-state index contributed by atoms with van der Waals surface area (Å²) in [5.41, 5.74) is 0.887. The summed E-state index contributed by atoms with van der Waals surface area (Å²) >= 11 is 1.70. The highest BCUT2D eigenvalue weighted by atomic mass is 32.1. The van der Waals surface area contributed by atoms with Crippen molar-refractivity contribution in [2.45, 2.75) is 38.3 Å². The molecule has 1 N–H and O–H groups in total.